The minimum atomic E-state index is -4.36. The summed E-state index contributed by atoms with van der Waals surface area (Å²) in [4.78, 5) is 3.84. The lowest BCUT2D eigenvalue weighted by Crippen LogP contribution is -2.34. The van der Waals surface area contributed by atoms with E-state index < -0.39 is 11.7 Å². The Balaban J connectivity index is 1.92. The largest absolute Gasteiger partial charge is 0.418 e. The molecule has 1 fully saturated rings. The lowest BCUT2D eigenvalue weighted by molar-refractivity contribution is -0.138. The topological polar surface area (TPSA) is 45.1 Å². The third-order valence-corrected chi connectivity index (χ3v) is 3.86. The van der Waals surface area contributed by atoms with Crippen molar-refractivity contribution in [3.8, 4) is 0 Å². The summed E-state index contributed by atoms with van der Waals surface area (Å²) in [6.07, 6.45) is 0.637. The molecule has 1 aliphatic rings. The van der Waals surface area contributed by atoms with E-state index >= 15 is 0 Å². The molecule has 1 heterocycles. The van der Waals surface area contributed by atoms with Gasteiger partial charge < -0.3 is 10.4 Å². The zero-order chi connectivity index (χ0) is 14.6. The maximum atomic E-state index is 12.8. The van der Waals surface area contributed by atoms with Crippen molar-refractivity contribution in [2.24, 2.45) is 5.92 Å². The van der Waals surface area contributed by atoms with Crippen LogP contribution in [0, 0.1) is 5.92 Å². The Morgan fingerprint density at radius 1 is 1.25 bits per heavy atom. The number of aromatic nitrogens is 1. The van der Waals surface area contributed by atoms with Crippen LogP contribution in [0.2, 0.25) is 0 Å². The van der Waals surface area contributed by atoms with Crippen LogP contribution in [0.25, 0.3) is 0 Å². The summed E-state index contributed by atoms with van der Waals surface area (Å²) in [7, 11) is 0. The van der Waals surface area contributed by atoms with Crippen LogP contribution in [-0.2, 0) is 12.7 Å². The molecule has 20 heavy (non-hydrogen) atoms. The molecule has 0 aromatic carbocycles. The second-order valence-electron chi connectivity index (χ2n) is 5.28. The minimum Gasteiger partial charge on any atom is -0.396 e. The predicted octanol–water partition coefficient (Wildman–Crippen LogP) is 2.74. The number of hydrogen-bond donors (Lipinski definition) is 2. The summed E-state index contributed by atoms with van der Waals surface area (Å²) < 4.78 is 38.4. The molecule has 0 spiro atoms. The molecule has 0 aliphatic heterocycles. The Hall–Kier alpha value is -1.14. The summed E-state index contributed by atoms with van der Waals surface area (Å²) in [6.45, 7) is 0.329. The highest BCUT2D eigenvalue weighted by molar-refractivity contribution is 5.22. The van der Waals surface area contributed by atoms with E-state index in [1.165, 1.54) is 12.3 Å². The molecule has 0 amide bonds. The first kappa shape index (κ1) is 15.3. The van der Waals surface area contributed by atoms with E-state index in [4.69, 9.17) is 5.11 Å². The molecule has 1 aromatic rings. The van der Waals surface area contributed by atoms with Crippen LogP contribution in [0.4, 0.5) is 13.2 Å². The normalized spacial score (nSPS) is 23.8. The molecule has 112 valence electrons. The Kier molecular flexibility index (Phi) is 4.99. The van der Waals surface area contributed by atoms with E-state index in [0.29, 0.717) is 5.92 Å². The van der Waals surface area contributed by atoms with Crippen LogP contribution in [0.1, 0.15) is 36.9 Å². The van der Waals surface area contributed by atoms with E-state index in [1.54, 1.807) is 0 Å². The number of alkyl halides is 3. The van der Waals surface area contributed by atoms with E-state index in [1.807, 2.05) is 0 Å². The summed E-state index contributed by atoms with van der Waals surface area (Å²) >= 11 is 0. The number of hydrogen-bond acceptors (Lipinski definition) is 3. The molecular weight excluding hydrogens is 269 g/mol. The van der Waals surface area contributed by atoms with Gasteiger partial charge in [-0.3, -0.25) is 4.98 Å². The van der Waals surface area contributed by atoms with Gasteiger partial charge in [-0.25, -0.2) is 0 Å². The van der Waals surface area contributed by atoms with Crippen molar-refractivity contribution in [2.45, 2.75) is 44.4 Å². The second kappa shape index (κ2) is 6.54. The zero-order valence-corrected chi connectivity index (χ0v) is 11.2. The van der Waals surface area contributed by atoms with Gasteiger partial charge in [-0.1, -0.05) is 0 Å². The van der Waals surface area contributed by atoms with Crippen LogP contribution < -0.4 is 5.32 Å². The molecule has 0 radical (unpaired) electrons. The van der Waals surface area contributed by atoms with Crippen molar-refractivity contribution in [2.75, 3.05) is 6.61 Å². The van der Waals surface area contributed by atoms with E-state index in [-0.39, 0.29) is 24.9 Å². The predicted molar refractivity (Wildman–Crippen MR) is 68.9 cm³/mol. The van der Waals surface area contributed by atoms with Crippen LogP contribution in [0.15, 0.2) is 18.3 Å². The third kappa shape index (κ3) is 3.93. The first-order chi connectivity index (χ1) is 9.50. The second-order valence-corrected chi connectivity index (χ2v) is 5.28. The molecule has 1 aromatic heterocycles. The number of aliphatic hydroxyl groups excluding tert-OH is 1. The Morgan fingerprint density at radius 3 is 2.55 bits per heavy atom. The number of nitrogens with zero attached hydrogens (tertiary/aromatic N) is 1. The summed E-state index contributed by atoms with van der Waals surface area (Å²) in [5.41, 5.74) is -0.624. The fourth-order valence-electron chi connectivity index (χ4n) is 2.63. The molecule has 6 heteroatoms. The molecule has 1 saturated carbocycles. The van der Waals surface area contributed by atoms with Gasteiger partial charge in [0.1, 0.15) is 0 Å². The van der Waals surface area contributed by atoms with E-state index in [0.717, 1.165) is 31.7 Å². The van der Waals surface area contributed by atoms with Gasteiger partial charge in [0.05, 0.1) is 11.3 Å². The molecule has 2 N–H and O–H groups in total. The van der Waals surface area contributed by atoms with Crippen molar-refractivity contribution in [1.82, 2.24) is 10.3 Å². The highest BCUT2D eigenvalue weighted by Crippen LogP contribution is 2.31. The Morgan fingerprint density at radius 2 is 1.95 bits per heavy atom. The van der Waals surface area contributed by atoms with Gasteiger partial charge in [0, 0.05) is 25.4 Å². The first-order valence-corrected chi connectivity index (χ1v) is 6.86. The lowest BCUT2D eigenvalue weighted by Gasteiger charge is -2.28. The van der Waals surface area contributed by atoms with Crippen molar-refractivity contribution in [3.63, 3.8) is 0 Å². The van der Waals surface area contributed by atoms with Crippen molar-refractivity contribution in [3.05, 3.63) is 29.6 Å². The van der Waals surface area contributed by atoms with Gasteiger partial charge in [0.2, 0.25) is 0 Å². The molecular formula is C14H19F3N2O. The fraction of sp³-hybridized carbons (Fsp3) is 0.643. The smallest absolute Gasteiger partial charge is 0.396 e. The fourth-order valence-corrected chi connectivity index (χ4v) is 2.63. The van der Waals surface area contributed by atoms with Gasteiger partial charge in [0.15, 0.2) is 0 Å². The van der Waals surface area contributed by atoms with Crippen molar-refractivity contribution < 1.29 is 18.3 Å². The maximum absolute atomic E-state index is 12.8. The van der Waals surface area contributed by atoms with E-state index in [9.17, 15) is 13.2 Å². The highest BCUT2D eigenvalue weighted by atomic mass is 19.4. The van der Waals surface area contributed by atoms with Crippen LogP contribution in [-0.4, -0.2) is 22.7 Å². The highest BCUT2D eigenvalue weighted by Gasteiger charge is 2.33. The average molecular weight is 288 g/mol. The number of pyridine rings is 1. The molecule has 0 bridgehead atoms. The number of rotatable bonds is 4. The minimum absolute atomic E-state index is 0.0456. The average Bonchev–Trinajstić information content (AvgIpc) is 2.45. The van der Waals surface area contributed by atoms with E-state index in [2.05, 4.69) is 10.3 Å². The third-order valence-electron chi connectivity index (χ3n) is 3.86. The molecule has 0 saturated heterocycles. The molecule has 2 rings (SSSR count). The van der Waals surface area contributed by atoms with Gasteiger partial charge in [0.25, 0.3) is 0 Å². The molecule has 1 aliphatic carbocycles. The monoisotopic (exact) mass is 288 g/mol. The van der Waals surface area contributed by atoms with Crippen LogP contribution in [0.5, 0.6) is 0 Å². The Bertz CT molecular complexity index is 429. The SMILES string of the molecule is OCC1CCC(NCc2ncccc2C(F)(F)F)CC1. The number of aliphatic hydroxyl groups is 1. The molecule has 0 unspecified atom stereocenters. The standard InChI is InChI=1S/C14H19F3N2O/c15-14(16,17)12-2-1-7-18-13(12)8-19-11-5-3-10(9-20)4-6-11/h1-2,7,10-11,19-20H,3-6,8-9H2. The maximum Gasteiger partial charge on any atom is 0.418 e. The van der Waals surface area contributed by atoms with Crippen LogP contribution >= 0.6 is 0 Å². The summed E-state index contributed by atoms with van der Waals surface area (Å²) in [5, 5.41) is 12.2. The zero-order valence-electron chi connectivity index (χ0n) is 11.2. The van der Waals surface area contributed by atoms with Crippen molar-refractivity contribution >= 4 is 0 Å². The van der Waals surface area contributed by atoms with Gasteiger partial charge in [-0.15, -0.1) is 0 Å². The molecule has 0 atom stereocenters. The summed E-state index contributed by atoms with van der Waals surface area (Å²) in [5.74, 6) is 0.341. The Labute approximate surface area is 116 Å². The molecule has 3 nitrogen and oxygen atoms in total. The number of nitrogens with one attached hydrogen (secondary N) is 1. The lowest BCUT2D eigenvalue weighted by atomic mass is 9.86. The van der Waals surface area contributed by atoms with Gasteiger partial charge in [-0.2, -0.15) is 13.2 Å². The van der Waals surface area contributed by atoms with Gasteiger partial charge in [-0.05, 0) is 43.7 Å². The first-order valence-electron chi connectivity index (χ1n) is 6.86. The summed E-state index contributed by atoms with van der Waals surface area (Å²) in [6, 6.07) is 2.58. The quantitative estimate of drug-likeness (QED) is 0.895. The van der Waals surface area contributed by atoms with Crippen molar-refractivity contribution in [1.29, 1.82) is 0 Å². The number of halogens is 3. The van der Waals surface area contributed by atoms with Crippen LogP contribution in [0.3, 0.4) is 0 Å². The van der Waals surface area contributed by atoms with Gasteiger partial charge >= 0.3 is 6.18 Å².